The second kappa shape index (κ2) is 9.26. The quantitative estimate of drug-likeness (QED) is 0.709. The van der Waals surface area contributed by atoms with Gasteiger partial charge in [-0.05, 0) is 17.7 Å². The lowest BCUT2D eigenvalue weighted by Crippen LogP contribution is -2.51. The fourth-order valence-corrected chi connectivity index (χ4v) is 3.46. The zero-order valence-electron chi connectivity index (χ0n) is 17.0. The number of urea groups is 1. The molecule has 0 unspecified atom stereocenters. The smallest absolute Gasteiger partial charge is 0.317 e. The molecule has 4 rings (SSSR count). The molecule has 1 fully saturated rings. The van der Waals surface area contributed by atoms with Crippen molar-refractivity contribution in [3.05, 3.63) is 72.6 Å². The number of carbonyl (C=O) groups is 1. The molecule has 1 aliphatic rings. The number of amides is 2. The maximum atomic E-state index is 12.5. The van der Waals surface area contributed by atoms with Crippen LogP contribution in [0.2, 0.25) is 0 Å². The van der Waals surface area contributed by atoms with Gasteiger partial charge in [0.1, 0.15) is 17.9 Å². The van der Waals surface area contributed by atoms with E-state index < -0.39 is 0 Å². The molecule has 2 heterocycles. The van der Waals surface area contributed by atoms with Crippen molar-refractivity contribution in [2.45, 2.75) is 6.54 Å². The molecule has 1 aromatic heterocycles. The molecule has 0 aliphatic carbocycles. The summed E-state index contributed by atoms with van der Waals surface area (Å²) in [5, 5.41) is 2.99. The van der Waals surface area contributed by atoms with Crippen molar-refractivity contribution in [2.75, 3.05) is 38.2 Å². The van der Waals surface area contributed by atoms with E-state index in [0.29, 0.717) is 19.6 Å². The van der Waals surface area contributed by atoms with Crippen LogP contribution >= 0.6 is 0 Å². The molecule has 30 heavy (non-hydrogen) atoms. The van der Waals surface area contributed by atoms with Gasteiger partial charge in [0, 0.05) is 44.4 Å². The first-order valence-corrected chi connectivity index (χ1v) is 10.0. The first-order chi connectivity index (χ1) is 14.7. The normalized spacial score (nSPS) is 13.8. The van der Waals surface area contributed by atoms with Crippen molar-refractivity contribution in [1.82, 2.24) is 20.2 Å². The highest BCUT2D eigenvalue weighted by atomic mass is 16.5. The van der Waals surface area contributed by atoms with E-state index in [1.807, 2.05) is 65.6 Å². The number of rotatable bonds is 5. The van der Waals surface area contributed by atoms with Crippen LogP contribution in [0, 0.1) is 0 Å². The van der Waals surface area contributed by atoms with E-state index in [2.05, 4.69) is 20.2 Å². The van der Waals surface area contributed by atoms with Gasteiger partial charge in [-0.25, -0.2) is 14.8 Å². The van der Waals surface area contributed by atoms with Gasteiger partial charge in [0.25, 0.3) is 0 Å². The van der Waals surface area contributed by atoms with E-state index in [9.17, 15) is 4.79 Å². The minimum atomic E-state index is -0.0434. The third-order valence-corrected chi connectivity index (χ3v) is 5.22. The predicted octanol–water partition coefficient (Wildman–Crippen LogP) is 3.18. The molecule has 0 radical (unpaired) electrons. The number of ether oxygens (including phenoxy) is 1. The summed E-state index contributed by atoms with van der Waals surface area (Å²) in [4.78, 5) is 25.4. The van der Waals surface area contributed by atoms with Crippen molar-refractivity contribution in [1.29, 1.82) is 0 Å². The Labute approximate surface area is 176 Å². The molecule has 0 spiro atoms. The molecule has 1 N–H and O–H groups in total. The Hall–Kier alpha value is -3.61. The minimum absolute atomic E-state index is 0.0434. The van der Waals surface area contributed by atoms with Gasteiger partial charge in [-0.15, -0.1) is 0 Å². The van der Waals surface area contributed by atoms with Crippen LogP contribution in [0.1, 0.15) is 5.56 Å². The summed E-state index contributed by atoms with van der Waals surface area (Å²) < 4.78 is 5.16. The van der Waals surface area contributed by atoms with Crippen LogP contribution in [0.15, 0.2) is 67.0 Å². The Bertz CT molecular complexity index is 970. The summed E-state index contributed by atoms with van der Waals surface area (Å²) in [5.41, 5.74) is 3.01. The van der Waals surface area contributed by atoms with E-state index in [1.165, 1.54) is 0 Å². The van der Waals surface area contributed by atoms with Crippen LogP contribution in [-0.4, -0.2) is 54.2 Å². The third-order valence-electron chi connectivity index (χ3n) is 5.22. The Morgan fingerprint density at radius 2 is 1.73 bits per heavy atom. The highest BCUT2D eigenvalue weighted by molar-refractivity contribution is 5.74. The molecule has 2 aromatic carbocycles. The van der Waals surface area contributed by atoms with E-state index in [1.54, 1.807) is 13.4 Å². The lowest BCUT2D eigenvalue weighted by atomic mass is 10.1. The van der Waals surface area contributed by atoms with Crippen LogP contribution in [0.4, 0.5) is 10.6 Å². The molecule has 0 atom stereocenters. The molecule has 1 aliphatic heterocycles. The molecule has 154 valence electrons. The fraction of sp³-hybridized carbons (Fsp3) is 0.261. The van der Waals surface area contributed by atoms with Gasteiger partial charge in [0.05, 0.1) is 12.8 Å². The van der Waals surface area contributed by atoms with Gasteiger partial charge in [0.15, 0.2) is 0 Å². The van der Waals surface area contributed by atoms with Crippen LogP contribution in [-0.2, 0) is 6.54 Å². The van der Waals surface area contributed by atoms with Crippen LogP contribution in [0.3, 0.4) is 0 Å². The maximum absolute atomic E-state index is 12.5. The Balaban J connectivity index is 1.30. The SMILES string of the molecule is COc1ccc(CNC(=O)N2CCN(c3cc(-c4ccccc4)ncn3)CC2)cc1. The van der Waals surface area contributed by atoms with Crippen LogP contribution in [0.25, 0.3) is 11.3 Å². The van der Waals surface area contributed by atoms with Crippen molar-refractivity contribution in [2.24, 2.45) is 0 Å². The second-order valence-electron chi connectivity index (χ2n) is 7.11. The summed E-state index contributed by atoms with van der Waals surface area (Å²) in [7, 11) is 1.64. The number of carbonyl (C=O) groups excluding carboxylic acids is 1. The van der Waals surface area contributed by atoms with E-state index >= 15 is 0 Å². The lowest BCUT2D eigenvalue weighted by Gasteiger charge is -2.35. The van der Waals surface area contributed by atoms with E-state index in [-0.39, 0.29) is 6.03 Å². The number of methoxy groups -OCH3 is 1. The van der Waals surface area contributed by atoms with E-state index in [0.717, 1.165) is 41.5 Å². The molecule has 2 amide bonds. The van der Waals surface area contributed by atoms with Gasteiger partial charge in [0.2, 0.25) is 0 Å². The molecule has 0 saturated carbocycles. The largest absolute Gasteiger partial charge is 0.497 e. The molecule has 3 aromatic rings. The van der Waals surface area contributed by atoms with Gasteiger partial charge >= 0.3 is 6.03 Å². The van der Waals surface area contributed by atoms with Crippen molar-refractivity contribution in [3.63, 3.8) is 0 Å². The van der Waals surface area contributed by atoms with Gasteiger partial charge in [-0.1, -0.05) is 42.5 Å². The minimum Gasteiger partial charge on any atom is -0.497 e. The number of aromatic nitrogens is 2. The average Bonchev–Trinajstić information content (AvgIpc) is 2.83. The first-order valence-electron chi connectivity index (χ1n) is 10.0. The number of hydrogen-bond acceptors (Lipinski definition) is 5. The molecule has 0 bridgehead atoms. The van der Waals surface area contributed by atoms with Crippen LogP contribution < -0.4 is 15.0 Å². The molecular formula is C23H25N5O2. The highest BCUT2D eigenvalue weighted by Crippen LogP contribution is 2.21. The standard InChI is InChI=1S/C23H25N5O2/c1-30-20-9-7-18(8-10-20)16-24-23(29)28-13-11-27(12-14-28)22-15-21(25-17-26-22)19-5-3-2-4-6-19/h2-10,15,17H,11-14,16H2,1H3,(H,24,29). The van der Waals surface area contributed by atoms with E-state index in [4.69, 9.17) is 4.74 Å². The Morgan fingerprint density at radius 3 is 2.43 bits per heavy atom. The zero-order chi connectivity index (χ0) is 20.8. The van der Waals surface area contributed by atoms with Crippen molar-refractivity contribution in [3.8, 4) is 17.0 Å². The average molecular weight is 403 g/mol. The highest BCUT2D eigenvalue weighted by Gasteiger charge is 2.22. The van der Waals surface area contributed by atoms with Gasteiger partial charge in [-0.3, -0.25) is 0 Å². The first kappa shape index (κ1) is 19.7. The molecule has 7 nitrogen and oxygen atoms in total. The summed E-state index contributed by atoms with van der Waals surface area (Å²) >= 11 is 0. The summed E-state index contributed by atoms with van der Waals surface area (Å²) in [6.45, 7) is 3.27. The topological polar surface area (TPSA) is 70.6 Å². The Morgan fingerprint density at radius 1 is 1.00 bits per heavy atom. The second-order valence-corrected chi connectivity index (χ2v) is 7.11. The summed E-state index contributed by atoms with van der Waals surface area (Å²) in [6, 6.07) is 19.7. The number of anilines is 1. The number of nitrogens with one attached hydrogen (secondary N) is 1. The van der Waals surface area contributed by atoms with Gasteiger partial charge in [-0.2, -0.15) is 0 Å². The number of piperazine rings is 1. The maximum Gasteiger partial charge on any atom is 0.317 e. The molecule has 1 saturated heterocycles. The molecular weight excluding hydrogens is 378 g/mol. The summed E-state index contributed by atoms with van der Waals surface area (Å²) in [6.07, 6.45) is 1.60. The third kappa shape index (κ3) is 4.68. The number of nitrogens with zero attached hydrogens (tertiary/aromatic N) is 4. The van der Waals surface area contributed by atoms with Crippen molar-refractivity contribution >= 4 is 11.8 Å². The summed E-state index contributed by atoms with van der Waals surface area (Å²) in [5.74, 6) is 1.70. The van der Waals surface area contributed by atoms with Gasteiger partial charge < -0.3 is 19.9 Å². The monoisotopic (exact) mass is 403 g/mol. The zero-order valence-corrected chi connectivity index (χ0v) is 17.0. The van der Waals surface area contributed by atoms with Crippen LogP contribution in [0.5, 0.6) is 5.75 Å². The van der Waals surface area contributed by atoms with Crippen molar-refractivity contribution < 1.29 is 9.53 Å². The number of hydrogen-bond donors (Lipinski definition) is 1. The predicted molar refractivity (Wildman–Crippen MR) is 116 cm³/mol. The lowest BCUT2D eigenvalue weighted by molar-refractivity contribution is 0.194. The number of benzene rings is 2. The molecule has 7 heteroatoms. The fourth-order valence-electron chi connectivity index (χ4n) is 3.46. The Kier molecular flexibility index (Phi) is 6.08.